The second-order valence-electron chi connectivity index (χ2n) is 9.23. The maximum absolute atomic E-state index is 14.2. The number of nitrogens with zero attached hydrogens (tertiary/aromatic N) is 2. The van der Waals surface area contributed by atoms with E-state index < -0.39 is 30.4 Å². The van der Waals surface area contributed by atoms with E-state index in [1.807, 2.05) is 30.3 Å². The Morgan fingerprint density at radius 1 is 1.11 bits per heavy atom. The van der Waals surface area contributed by atoms with Crippen molar-refractivity contribution >= 4 is 17.0 Å². The monoisotopic (exact) mass is 484 g/mol. The fraction of sp³-hybridized carbons (Fsp3) is 0.423. The highest BCUT2D eigenvalue weighted by molar-refractivity contribution is 5.84. The van der Waals surface area contributed by atoms with Crippen LogP contribution in [0.4, 0.5) is 9.18 Å². The van der Waals surface area contributed by atoms with E-state index in [-0.39, 0.29) is 25.3 Å². The van der Waals surface area contributed by atoms with Gasteiger partial charge in [-0.3, -0.25) is 0 Å². The SMILES string of the molecule is O=C(OCc1ccccc1)N1CCC[C@H]1Cc1cn(C2OC[C@@H](O)[C@H](O)[C@H]2O)c2cc(F)ccc12. The normalized spacial score (nSPS) is 26.9. The van der Waals surface area contributed by atoms with Crippen molar-refractivity contribution in [1.82, 2.24) is 9.47 Å². The molecule has 3 aromatic rings. The Hall–Kier alpha value is -2.98. The molecule has 0 saturated carbocycles. The van der Waals surface area contributed by atoms with Gasteiger partial charge in [0, 0.05) is 24.2 Å². The summed E-state index contributed by atoms with van der Waals surface area (Å²) in [4.78, 5) is 14.6. The van der Waals surface area contributed by atoms with Gasteiger partial charge in [0.25, 0.3) is 0 Å². The van der Waals surface area contributed by atoms with Crippen LogP contribution in [0.15, 0.2) is 54.7 Å². The third-order valence-corrected chi connectivity index (χ3v) is 6.90. The third kappa shape index (κ3) is 4.77. The molecule has 0 radical (unpaired) electrons. The number of hydrogen-bond donors (Lipinski definition) is 3. The van der Waals surface area contributed by atoms with Crippen LogP contribution in [-0.2, 0) is 22.5 Å². The number of aromatic nitrogens is 1. The van der Waals surface area contributed by atoms with Crippen molar-refractivity contribution < 1.29 is 34.0 Å². The Morgan fingerprint density at radius 2 is 1.91 bits per heavy atom. The molecule has 0 bridgehead atoms. The van der Waals surface area contributed by atoms with Gasteiger partial charge in [-0.15, -0.1) is 0 Å². The first-order chi connectivity index (χ1) is 16.9. The van der Waals surface area contributed by atoms with Gasteiger partial charge in [-0.25, -0.2) is 9.18 Å². The highest BCUT2D eigenvalue weighted by Crippen LogP contribution is 2.33. The van der Waals surface area contributed by atoms with Gasteiger partial charge in [-0.2, -0.15) is 0 Å². The van der Waals surface area contributed by atoms with E-state index in [4.69, 9.17) is 9.47 Å². The lowest BCUT2D eigenvalue weighted by Gasteiger charge is -2.36. The number of ether oxygens (including phenoxy) is 2. The lowest BCUT2D eigenvalue weighted by Crippen LogP contribution is -2.50. The maximum Gasteiger partial charge on any atom is 0.410 e. The van der Waals surface area contributed by atoms with Crippen LogP contribution in [0.3, 0.4) is 0 Å². The van der Waals surface area contributed by atoms with Gasteiger partial charge in [-0.1, -0.05) is 30.3 Å². The molecule has 5 atom stereocenters. The number of aliphatic hydroxyl groups excluding tert-OH is 3. The van der Waals surface area contributed by atoms with Crippen LogP contribution < -0.4 is 0 Å². The summed E-state index contributed by atoms with van der Waals surface area (Å²) in [5, 5.41) is 31.3. The molecule has 2 fully saturated rings. The summed E-state index contributed by atoms with van der Waals surface area (Å²) >= 11 is 0. The molecule has 0 aliphatic carbocycles. The Labute approximate surface area is 202 Å². The Bertz CT molecular complexity index is 1190. The quantitative estimate of drug-likeness (QED) is 0.515. The maximum atomic E-state index is 14.2. The van der Waals surface area contributed by atoms with E-state index in [1.54, 1.807) is 21.7 Å². The minimum atomic E-state index is -1.39. The molecule has 35 heavy (non-hydrogen) atoms. The van der Waals surface area contributed by atoms with Crippen molar-refractivity contribution in [3.8, 4) is 0 Å². The Kier molecular flexibility index (Phi) is 6.75. The first-order valence-corrected chi connectivity index (χ1v) is 11.8. The molecule has 2 aromatic carbocycles. The predicted molar refractivity (Wildman–Crippen MR) is 125 cm³/mol. The van der Waals surface area contributed by atoms with Gasteiger partial charge in [0.2, 0.25) is 0 Å². The van der Waals surface area contributed by atoms with Gasteiger partial charge in [0.15, 0.2) is 6.23 Å². The number of carbonyl (C=O) groups is 1. The molecule has 0 spiro atoms. The number of likely N-dealkylation sites (tertiary alicyclic amines) is 1. The molecular weight excluding hydrogens is 455 g/mol. The van der Waals surface area contributed by atoms with Crippen molar-refractivity contribution in [2.75, 3.05) is 13.2 Å². The van der Waals surface area contributed by atoms with E-state index >= 15 is 0 Å². The molecule has 9 heteroatoms. The molecule has 5 rings (SSSR count). The van der Waals surface area contributed by atoms with Gasteiger partial charge >= 0.3 is 6.09 Å². The number of halogens is 1. The topological polar surface area (TPSA) is 104 Å². The minimum absolute atomic E-state index is 0.0908. The molecule has 2 aliphatic heterocycles. The predicted octanol–water partition coefficient (Wildman–Crippen LogP) is 2.74. The summed E-state index contributed by atoms with van der Waals surface area (Å²) in [6, 6.07) is 13.8. The minimum Gasteiger partial charge on any atom is -0.445 e. The van der Waals surface area contributed by atoms with E-state index in [1.165, 1.54) is 12.1 Å². The molecule has 2 saturated heterocycles. The largest absolute Gasteiger partial charge is 0.445 e. The molecule has 3 heterocycles. The van der Waals surface area contributed by atoms with Crippen LogP contribution in [0.5, 0.6) is 0 Å². The zero-order valence-corrected chi connectivity index (χ0v) is 19.2. The van der Waals surface area contributed by atoms with Crippen LogP contribution in [0.25, 0.3) is 10.9 Å². The molecule has 2 aliphatic rings. The molecule has 1 unspecified atom stereocenters. The Morgan fingerprint density at radius 3 is 2.71 bits per heavy atom. The van der Waals surface area contributed by atoms with Crippen LogP contribution in [0.2, 0.25) is 0 Å². The number of fused-ring (bicyclic) bond motifs is 1. The third-order valence-electron chi connectivity index (χ3n) is 6.90. The first kappa shape index (κ1) is 23.7. The summed E-state index contributed by atoms with van der Waals surface area (Å²) in [5.41, 5.74) is 2.29. The highest BCUT2D eigenvalue weighted by Gasteiger charge is 2.39. The Balaban J connectivity index is 1.37. The van der Waals surface area contributed by atoms with Gasteiger partial charge in [-0.05, 0) is 48.6 Å². The average molecular weight is 485 g/mol. The molecule has 1 amide bonds. The molecule has 186 valence electrons. The second-order valence-corrected chi connectivity index (χ2v) is 9.23. The molecular formula is C26H29FN2O6. The van der Waals surface area contributed by atoms with Crippen molar-refractivity contribution in [3.05, 3.63) is 71.7 Å². The van der Waals surface area contributed by atoms with E-state index in [0.29, 0.717) is 18.5 Å². The van der Waals surface area contributed by atoms with Gasteiger partial charge in [0.1, 0.15) is 30.7 Å². The van der Waals surface area contributed by atoms with Gasteiger partial charge in [0.05, 0.1) is 12.1 Å². The summed E-state index contributed by atoms with van der Waals surface area (Å²) in [7, 11) is 0. The summed E-state index contributed by atoms with van der Waals surface area (Å²) in [6.07, 6.45) is -1.37. The van der Waals surface area contributed by atoms with Crippen molar-refractivity contribution in [2.24, 2.45) is 0 Å². The van der Waals surface area contributed by atoms with E-state index in [9.17, 15) is 24.5 Å². The lowest BCUT2D eigenvalue weighted by atomic mass is 10.0. The van der Waals surface area contributed by atoms with E-state index in [2.05, 4.69) is 0 Å². The number of carbonyl (C=O) groups excluding carboxylic acids is 1. The average Bonchev–Trinajstić information content (AvgIpc) is 3.47. The number of benzene rings is 2. The molecule has 8 nitrogen and oxygen atoms in total. The number of amides is 1. The number of aliphatic hydroxyl groups is 3. The number of hydrogen-bond acceptors (Lipinski definition) is 6. The highest BCUT2D eigenvalue weighted by atomic mass is 19.1. The van der Waals surface area contributed by atoms with Crippen molar-refractivity contribution in [3.63, 3.8) is 0 Å². The summed E-state index contributed by atoms with van der Waals surface area (Å²) in [6.45, 7) is 0.642. The zero-order chi connectivity index (χ0) is 24.5. The van der Waals surface area contributed by atoms with Crippen LogP contribution in [0, 0.1) is 5.82 Å². The second kappa shape index (κ2) is 9.94. The van der Waals surface area contributed by atoms with Crippen molar-refractivity contribution in [2.45, 2.75) is 56.5 Å². The zero-order valence-electron chi connectivity index (χ0n) is 19.2. The summed E-state index contributed by atoms with van der Waals surface area (Å²) < 4.78 is 26.9. The standard InChI is InChI=1S/C26H29FN2O6/c27-18-8-9-20-17(13-29(21(20)12-18)25-24(32)23(31)22(30)15-34-25)11-19-7-4-10-28(19)26(33)35-14-16-5-2-1-3-6-16/h1-3,5-6,8-9,12-13,19,22-25,30-32H,4,7,10-11,14-15H2/t19-,22+,23-,24+,25?/m0/s1. The van der Waals surface area contributed by atoms with Gasteiger partial charge < -0.3 is 34.3 Å². The smallest absolute Gasteiger partial charge is 0.410 e. The molecule has 3 N–H and O–H groups in total. The van der Waals surface area contributed by atoms with Crippen LogP contribution >= 0.6 is 0 Å². The lowest BCUT2D eigenvalue weighted by molar-refractivity contribution is -0.209. The summed E-state index contributed by atoms with van der Waals surface area (Å²) in [5.74, 6) is -0.443. The fourth-order valence-corrected chi connectivity index (χ4v) is 5.05. The van der Waals surface area contributed by atoms with Crippen molar-refractivity contribution in [1.29, 1.82) is 0 Å². The van der Waals surface area contributed by atoms with Crippen LogP contribution in [0.1, 0.15) is 30.2 Å². The van der Waals surface area contributed by atoms with E-state index in [0.717, 1.165) is 29.4 Å². The fourth-order valence-electron chi connectivity index (χ4n) is 5.05. The first-order valence-electron chi connectivity index (χ1n) is 11.8. The molecule has 1 aromatic heterocycles. The number of rotatable bonds is 5. The van der Waals surface area contributed by atoms with Crippen LogP contribution in [-0.4, -0.2) is 68.4 Å².